The zero-order valence-electron chi connectivity index (χ0n) is 17.6. The molecule has 2 fully saturated rings. The Balaban J connectivity index is 1.10. The summed E-state index contributed by atoms with van der Waals surface area (Å²) in [5.41, 5.74) is 2.55. The van der Waals surface area contributed by atoms with Crippen LogP contribution in [0, 0.1) is 5.92 Å². The Kier molecular flexibility index (Phi) is 7.61. The van der Waals surface area contributed by atoms with E-state index in [1.54, 1.807) is 0 Å². The van der Waals surface area contributed by atoms with E-state index in [-0.39, 0.29) is 0 Å². The van der Waals surface area contributed by atoms with Gasteiger partial charge in [0.05, 0.1) is 6.61 Å². The molecule has 2 aromatic rings. The van der Waals surface area contributed by atoms with Crippen LogP contribution < -0.4 is 4.74 Å². The van der Waals surface area contributed by atoms with Crippen LogP contribution in [0.1, 0.15) is 49.7 Å². The Bertz CT molecular complexity index is 715. The van der Waals surface area contributed by atoms with E-state index in [0.717, 1.165) is 43.8 Å². The van der Waals surface area contributed by atoms with Gasteiger partial charge in [0.1, 0.15) is 12.4 Å². The second kappa shape index (κ2) is 10.8. The molecule has 3 nitrogen and oxygen atoms in total. The van der Waals surface area contributed by atoms with E-state index >= 15 is 0 Å². The molecule has 2 atom stereocenters. The lowest BCUT2D eigenvalue weighted by atomic mass is 9.88. The minimum absolute atomic E-state index is 0.618. The van der Waals surface area contributed by atoms with Crippen molar-refractivity contribution in [3.63, 3.8) is 0 Å². The molecule has 2 unspecified atom stereocenters. The van der Waals surface area contributed by atoms with Crippen molar-refractivity contribution in [2.75, 3.05) is 26.3 Å². The normalized spacial score (nSPS) is 22.2. The van der Waals surface area contributed by atoms with Gasteiger partial charge in [-0.05, 0) is 74.2 Å². The maximum Gasteiger partial charge on any atom is 0.119 e. The molecule has 2 aliphatic rings. The first-order valence-electron chi connectivity index (χ1n) is 11.4. The number of fused-ring (bicyclic) bond motifs is 1. The molecule has 4 rings (SSSR count). The van der Waals surface area contributed by atoms with Crippen LogP contribution in [0.15, 0.2) is 54.6 Å². The van der Waals surface area contributed by atoms with Crippen LogP contribution in [0.2, 0.25) is 0 Å². The largest absolute Gasteiger partial charge is 0.489 e. The van der Waals surface area contributed by atoms with E-state index in [9.17, 15) is 0 Å². The Labute approximate surface area is 176 Å². The van der Waals surface area contributed by atoms with Gasteiger partial charge < -0.3 is 14.4 Å². The zero-order chi connectivity index (χ0) is 19.7. The lowest BCUT2D eigenvalue weighted by molar-refractivity contribution is 0.0239. The molecule has 0 aromatic heterocycles. The highest BCUT2D eigenvalue weighted by Gasteiger charge is 2.29. The third-order valence-corrected chi connectivity index (χ3v) is 6.43. The van der Waals surface area contributed by atoms with E-state index in [2.05, 4.69) is 41.3 Å². The Morgan fingerprint density at radius 2 is 1.72 bits per heavy atom. The third kappa shape index (κ3) is 6.32. The summed E-state index contributed by atoms with van der Waals surface area (Å²) in [5.74, 6) is 1.67. The third-order valence-electron chi connectivity index (χ3n) is 6.43. The van der Waals surface area contributed by atoms with Crippen LogP contribution in [-0.2, 0) is 17.8 Å². The van der Waals surface area contributed by atoms with E-state index in [0.29, 0.717) is 6.61 Å². The maximum atomic E-state index is 6.03. The van der Waals surface area contributed by atoms with Crippen molar-refractivity contribution in [3.8, 4) is 5.75 Å². The van der Waals surface area contributed by atoms with Crippen LogP contribution >= 0.6 is 0 Å². The summed E-state index contributed by atoms with van der Waals surface area (Å²) < 4.78 is 11.9. The van der Waals surface area contributed by atoms with Gasteiger partial charge in [-0.1, -0.05) is 48.9 Å². The van der Waals surface area contributed by atoms with Gasteiger partial charge in [0, 0.05) is 19.2 Å². The zero-order valence-corrected chi connectivity index (χ0v) is 17.6. The van der Waals surface area contributed by atoms with Gasteiger partial charge in [-0.15, -0.1) is 0 Å². The van der Waals surface area contributed by atoms with Crippen molar-refractivity contribution < 1.29 is 9.47 Å². The van der Waals surface area contributed by atoms with Crippen molar-refractivity contribution in [2.45, 2.75) is 57.6 Å². The number of benzene rings is 2. The van der Waals surface area contributed by atoms with Gasteiger partial charge in [0.2, 0.25) is 0 Å². The fourth-order valence-electron chi connectivity index (χ4n) is 4.74. The average Bonchev–Trinajstić information content (AvgIpc) is 2.79. The molecule has 2 saturated heterocycles. The number of aryl methyl sites for hydroxylation is 1. The van der Waals surface area contributed by atoms with Gasteiger partial charge >= 0.3 is 0 Å². The summed E-state index contributed by atoms with van der Waals surface area (Å²) in [7, 11) is 0. The number of hydrogen-bond acceptors (Lipinski definition) is 3. The second-order valence-corrected chi connectivity index (χ2v) is 8.68. The monoisotopic (exact) mass is 393 g/mol. The molecule has 0 N–H and O–H groups in total. The molecule has 2 aliphatic heterocycles. The molecule has 0 amide bonds. The summed E-state index contributed by atoms with van der Waals surface area (Å²) >= 11 is 0. The molecular weight excluding hydrogens is 358 g/mol. The number of piperidine rings is 2. The molecular formula is C26H35NO2. The highest BCUT2D eigenvalue weighted by Crippen LogP contribution is 2.29. The van der Waals surface area contributed by atoms with Crippen LogP contribution in [0.5, 0.6) is 5.75 Å². The number of rotatable bonds is 9. The summed E-state index contributed by atoms with van der Waals surface area (Å²) in [6.07, 6.45) is 9.13. The first kappa shape index (κ1) is 20.4. The van der Waals surface area contributed by atoms with Crippen molar-refractivity contribution >= 4 is 0 Å². The fourth-order valence-corrected chi connectivity index (χ4v) is 4.74. The lowest BCUT2D eigenvalue weighted by Gasteiger charge is -2.42. The van der Waals surface area contributed by atoms with Crippen molar-refractivity contribution in [2.24, 2.45) is 5.92 Å². The minimum atomic E-state index is 0.618. The standard InChI is InChI=1S/C26H35NO2/c1-2-7-23(8-3-1)21-29-26-15-12-22(13-16-26)9-6-18-28-20-24-11-14-25-10-4-5-17-27(25)19-24/h1-3,7-8,12-13,15-16,24-25H,4-6,9-11,14,17-21H2. The first-order chi connectivity index (χ1) is 14.4. The first-order valence-corrected chi connectivity index (χ1v) is 11.4. The molecule has 3 heteroatoms. The van der Waals surface area contributed by atoms with Crippen molar-refractivity contribution in [1.29, 1.82) is 0 Å². The van der Waals surface area contributed by atoms with Crippen LogP contribution in [0.25, 0.3) is 0 Å². The van der Waals surface area contributed by atoms with Gasteiger partial charge in [-0.25, -0.2) is 0 Å². The molecule has 0 saturated carbocycles. The highest BCUT2D eigenvalue weighted by atomic mass is 16.5. The topological polar surface area (TPSA) is 21.7 Å². The Hall–Kier alpha value is -1.84. The smallest absolute Gasteiger partial charge is 0.119 e. The molecule has 0 radical (unpaired) electrons. The van der Waals surface area contributed by atoms with Crippen molar-refractivity contribution in [3.05, 3.63) is 65.7 Å². The number of nitrogens with zero attached hydrogens (tertiary/aromatic N) is 1. The van der Waals surface area contributed by atoms with Gasteiger partial charge in [0.15, 0.2) is 0 Å². The van der Waals surface area contributed by atoms with Crippen LogP contribution in [0.3, 0.4) is 0 Å². The van der Waals surface area contributed by atoms with Crippen LogP contribution in [-0.4, -0.2) is 37.2 Å². The highest BCUT2D eigenvalue weighted by molar-refractivity contribution is 5.27. The number of ether oxygens (including phenoxy) is 2. The van der Waals surface area contributed by atoms with Gasteiger partial charge in [-0.2, -0.15) is 0 Å². The van der Waals surface area contributed by atoms with Crippen molar-refractivity contribution in [1.82, 2.24) is 4.90 Å². The molecule has 0 bridgehead atoms. The summed E-state index contributed by atoms with van der Waals surface area (Å²) in [6, 6.07) is 19.7. The maximum absolute atomic E-state index is 6.03. The Morgan fingerprint density at radius 1 is 0.862 bits per heavy atom. The molecule has 29 heavy (non-hydrogen) atoms. The predicted molar refractivity (Wildman–Crippen MR) is 118 cm³/mol. The van der Waals surface area contributed by atoms with Gasteiger partial charge in [0.25, 0.3) is 0 Å². The molecule has 0 aliphatic carbocycles. The van der Waals surface area contributed by atoms with E-state index in [1.807, 2.05) is 18.2 Å². The second-order valence-electron chi connectivity index (χ2n) is 8.68. The summed E-state index contributed by atoms with van der Waals surface area (Å²) in [6.45, 7) is 5.00. The Morgan fingerprint density at radius 3 is 2.59 bits per heavy atom. The van der Waals surface area contributed by atoms with E-state index in [4.69, 9.17) is 9.47 Å². The summed E-state index contributed by atoms with van der Waals surface area (Å²) in [5, 5.41) is 0. The lowest BCUT2D eigenvalue weighted by Crippen LogP contribution is -2.47. The minimum Gasteiger partial charge on any atom is -0.489 e. The molecule has 156 valence electrons. The van der Waals surface area contributed by atoms with Crippen LogP contribution in [0.4, 0.5) is 0 Å². The molecule has 0 spiro atoms. The number of hydrogen-bond donors (Lipinski definition) is 0. The average molecular weight is 394 g/mol. The van der Waals surface area contributed by atoms with Gasteiger partial charge in [-0.3, -0.25) is 0 Å². The predicted octanol–water partition coefficient (Wildman–Crippen LogP) is 5.48. The fraction of sp³-hybridized carbons (Fsp3) is 0.538. The SMILES string of the molecule is c1ccc(COc2ccc(CCCOCC3CCC4CCCCN4C3)cc2)cc1. The molecule has 2 aromatic carbocycles. The quantitative estimate of drug-likeness (QED) is 0.527. The van der Waals surface area contributed by atoms with E-state index in [1.165, 1.54) is 56.3 Å². The molecule has 2 heterocycles. The van der Waals surface area contributed by atoms with E-state index < -0.39 is 0 Å². The summed E-state index contributed by atoms with van der Waals surface area (Å²) in [4.78, 5) is 2.72.